The van der Waals surface area contributed by atoms with Crippen LogP contribution in [0.2, 0.25) is 0 Å². The van der Waals surface area contributed by atoms with Gasteiger partial charge in [0, 0.05) is 31.1 Å². The molecule has 1 aromatic carbocycles. The van der Waals surface area contributed by atoms with Crippen molar-refractivity contribution in [3.05, 3.63) is 34.2 Å². The number of benzene rings is 1. The van der Waals surface area contributed by atoms with Gasteiger partial charge in [-0.2, -0.15) is 0 Å². The maximum atomic E-state index is 11.8. The van der Waals surface area contributed by atoms with Crippen LogP contribution in [0.1, 0.15) is 29.5 Å². The Morgan fingerprint density at radius 2 is 1.95 bits per heavy atom. The summed E-state index contributed by atoms with van der Waals surface area (Å²) in [5.74, 6) is -0.0187. The van der Waals surface area contributed by atoms with Gasteiger partial charge in [0.1, 0.15) is 0 Å². The summed E-state index contributed by atoms with van der Waals surface area (Å²) in [5.41, 5.74) is 5.77. The van der Waals surface area contributed by atoms with E-state index in [2.05, 4.69) is 43.2 Å². The molecular formula is C17H22N2O2S. The Labute approximate surface area is 135 Å². The van der Waals surface area contributed by atoms with Gasteiger partial charge in [-0.1, -0.05) is 6.07 Å². The Kier molecular flexibility index (Phi) is 5.69. The van der Waals surface area contributed by atoms with E-state index in [1.165, 1.54) is 28.0 Å². The average molecular weight is 318 g/mol. The highest BCUT2D eigenvalue weighted by molar-refractivity contribution is 7.14. The third kappa shape index (κ3) is 4.15. The SMILES string of the molecule is COCCCC(=O)Nc1nc(-c2cc(C)c(C)cc2C)cs1. The molecule has 0 radical (unpaired) electrons. The Bertz CT molecular complexity index is 665. The van der Waals surface area contributed by atoms with E-state index in [9.17, 15) is 4.79 Å². The number of hydrogen-bond donors (Lipinski definition) is 1. The zero-order valence-electron chi connectivity index (χ0n) is 13.5. The first-order chi connectivity index (χ1) is 10.5. The Morgan fingerprint density at radius 3 is 2.68 bits per heavy atom. The highest BCUT2D eigenvalue weighted by Crippen LogP contribution is 2.29. The van der Waals surface area contributed by atoms with Crippen LogP contribution in [-0.2, 0) is 9.53 Å². The summed E-state index contributed by atoms with van der Waals surface area (Å²) in [6.45, 7) is 6.89. The summed E-state index contributed by atoms with van der Waals surface area (Å²) in [7, 11) is 1.64. The van der Waals surface area contributed by atoms with Gasteiger partial charge in [0.15, 0.2) is 5.13 Å². The maximum Gasteiger partial charge on any atom is 0.226 e. The first-order valence-electron chi connectivity index (χ1n) is 7.34. The number of carbonyl (C=O) groups is 1. The summed E-state index contributed by atoms with van der Waals surface area (Å²) in [4.78, 5) is 16.3. The van der Waals surface area contributed by atoms with Crippen LogP contribution in [0.25, 0.3) is 11.3 Å². The van der Waals surface area contributed by atoms with E-state index >= 15 is 0 Å². The van der Waals surface area contributed by atoms with Gasteiger partial charge in [0.05, 0.1) is 5.69 Å². The average Bonchev–Trinajstić information content (AvgIpc) is 2.91. The summed E-state index contributed by atoms with van der Waals surface area (Å²) >= 11 is 1.46. The number of thiazole rings is 1. The van der Waals surface area contributed by atoms with Crippen molar-refractivity contribution in [2.45, 2.75) is 33.6 Å². The molecule has 1 amide bonds. The number of carbonyl (C=O) groups excluding carboxylic acids is 1. The van der Waals surface area contributed by atoms with Gasteiger partial charge in [-0.15, -0.1) is 11.3 Å². The lowest BCUT2D eigenvalue weighted by Crippen LogP contribution is -2.11. The smallest absolute Gasteiger partial charge is 0.226 e. The topological polar surface area (TPSA) is 51.2 Å². The van der Waals surface area contributed by atoms with Crippen molar-refractivity contribution in [3.63, 3.8) is 0 Å². The van der Waals surface area contributed by atoms with E-state index in [0.717, 1.165) is 17.7 Å². The molecule has 1 aromatic heterocycles. The van der Waals surface area contributed by atoms with E-state index in [1.54, 1.807) is 7.11 Å². The number of anilines is 1. The lowest BCUT2D eigenvalue weighted by Gasteiger charge is -2.07. The molecule has 118 valence electrons. The third-order valence-electron chi connectivity index (χ3n) is 3.62. The normalized spacial score (nSPS) is 10.7. The van der Waals surface area contributed by atoms with Crippen molar-refractivity contribution >= 4 is 22.4 Å². The summed E-state index contributed by atoms with van der Waals surface area (Å²) in [6.07, 6.45) is 1.17. The fraction of sp³-hybridized carbons (Fsp3) is 0.412. The van der Waals surface area contributed by atoms with E-state index in [-0.39, 0.29) is 5.91 Å². The molecule has 0 aliphatic heterocycles. The summed E-state index contributed by atoms with van der Waals surface area (Å²) in [5, 5.41) is 5.49. The minimum absolute atomic E-state index is 0.0187. The Balaban J connectivity index is 2.08. The lowest BCUT2D eigenvalue weighted by molar-refractivity contribution is -0.116. The molecule has 0 saturated heterocycles. The second-order valence-corrected chi connectivity index (χ2v) is 6.29. The molecule has 0 aliphatic rings. The highest BCUT2D eigenvalue weighted by atomic mass is 32.1. The van der Waals surface area contributed by atoms with Crippen molar-refractivity contribution in [2.24, 2.45) is 0 Å². The Hall–Kier alpha value is -1.72. The van der Waals surface area contributed by atoms with Crippen LogP contribution in [-0.4, -0.2) is 24.6 Å². The predicted molar refractivity (Wildman–Crippen MR) is 91.5 cm³/mol. The number of nitrogens with one attached hydrogen (secondary N) is 1. The number of nitrogens with zero attached hydrogens (tertiary/aromatic N) is 1. The van der Waals surface area contributed by atoms with Crippen LogP contribution in [0.4, 0.5) is 5.13 Å². The van der Waals surface area contributed by atoms with Gasteiger partial charge < -0.3 is 10.1 Å². The molecule has 0 atom stereocenters. The summed E-state index contributed by atoms with van der Waals surface area (Å²) < 4.78 is 4.95. The van der Waals surface area contributed by atoms with Crippen molar-refractivity contribution in [1.29, 1.82) is 0 Å². The van der Waals surface area contributed by atoms with Crippen LogP contribution in [0.3, 0.4) is 0 Å². The van der Waals surface area contributed by atoms with Crippen molar-refractivity contribution in [2.75, 3.05) is 19.0 Å². The van der Waals surface area contributed by atoms with Crippen LogP contribution in [0.15, 0.2) is 17.5 Å². The van der Waals surface area contributed by atoms with E-state index in [0.29, 0.717) is 18.2 Å². The number of amides is 1. The fourth-order valence-electron chi connectivity index (χ4n) is 2.25. The molecule has 0 unspecified atom stereocenters. The molecule has 5 heteroatoms. The maximum absolute atomic E-state index is 11.8. The molecule has 0 saturated carbocycles. The first kappa shape index (κ1) is 16.6. The first-order valence-corrected chi connectivity index (χ1v) is 8.21. The molecule has 0 fully saturated rings. The van der Waals surface area contributed by atoms with Gasteiger partial charge in [0.25, 0.3) is 0 Å². The number of rotatable bonds is 6. The largest absolute Gasteiger partial charge is 0.385 e. The zero-order chi connectivity index (χ0) is 16.1. The monoisotopic (exact) mass is 318 g/mol. The molecule has 22 heavy (non-hydrogen) atoms. The molecule has 2 aromatic rings. The molecule has 4 nitrogen and oxygen atoms in total. The van der Waals surface area contributed by atoms with Crippen molar-refractivity contribution in [3.8, 4) is 11.3 Å². The molecule has 0 bridgehead atoms. The number of ether oxygens (including phenoxy) is 1. The standard InChI is InChI=1S/C17H22N2O2S/c1-11-8-13(3)14(9-12(11)2)15-10-22-17(18-15)19-16(20)6-5-7-21-4/h8-10H,5-7H2,1-4H3,(H,18,19,20). The predicted octanol–water partition coefficient (Wildman–Crippen LogP) is 4.10. The third-order valence-corrected chi connectivity index (χ3v) is 4.38. The van der Waals surface area contributed by atoms with Crippen LogP contribution >= 0.6 is 11.3 Å². The number of methoxy groups -OCH3 is 1. The van der Waals surface area contributed by atoms with Gasteiger partial charge in [-0.25, -0.2) is 4.98 Å². The summed E-state index contributed by atoms with van der Waals surface area (Å²) in [6, 6.07) is 4.33. The number of aromatic nitrogens is 1. The molecule has 1 N–H and O–H groups in total. The van der Waals surface area contributed by atoms with Crippen LogP contribution < -0.4 is 5.32 Å². The highest BCUT2D eigenvalue weighted by Gasteiger charge is 2.10. The minimum Gasteiger partial charge on any atom is -0.385 e. The van der Waals surface area contributed by atoms with Crippen LogP contribution in [0, 0.1) is 20.8 Å². The molecule has 1 heterocycles. The van der Waals surface area contributed by atoms with Gasteiger partial charge in [-0.05, 0) is 49.9 Å². The number of hydrogen-bond acceptors (Lipinski definition) is 4. The molecular weight excluding hydrogens is 296 g/mol. The molecule has 0 aliphatic carbocycles. The van der Waals surface area contributed by atoms with Crippen molar-refractivity contribution < 1.29 is 9.53 Å². The molecule has 2 rings (SSSR count). The van der Waals surface area contributed by atoms with Gasteiger partial charge >= 0.3 is 0 Å². The zero-order valence-corrected chi connectivity index (χ0v) is 14.3. The van der Waals surface area contributed by atoms with Crippen molar-refractivity contribution in [1.82, 2.24) is 4.98 Å². The lowest BCUT2D eigenvalue weighted by atomic mass is 9.99. The molecule has 0 spiro atoms. The van der Waals surface area contributed by atoms with E-state index in [4.69, 9.17) is 4.74 Å². The minimum atomic E-state index is -0.0187. The number of aryl methyl sites for hydroxylation is 3. The quantitative estimate of drug-likeness (QED) is 0.816. The van der Waals surface area contributed by atoms with E-state index < -0.39 is 0 Å². The van der Waals surface area contributed by atoms with E-state index in [1.807, 2.05) is 5.38 Å². The van der Waals surface area contributed by atoms with Gasteiger partial charge in [-0.3, -0.25) is 4.79 Å². The Morgan fingerprint density at radius 1 is 1.23 bits per heavy atom. The second kappa shape index (κ2) is 7.51. The fourth-order valence-corrected chi connectivity index (χ4v) is 2.98. The van der Waals surface area contributed by atoms with Gasteiger partial charge in [0.2, 0.25) is 5.91 Å². The van der Waals surface area contributed by atoms with Crippen LogP contribution in [0.5, 0.6) is 0 Å². The second-order valence-electron chi connectivity index (χ2n) is 5.43.